The Morgan fingerprint density at radius 2 is 1.81 bits per heavy atom. The van der Waals surface area contributed by atoms with E-state index >= 15 is 0 Å². The second-order valence-electron chi connectivity index (χ2n) is 5.96. The minimum Gasteiger partial charge on any atom is -0.302 e. The molecule has 0 saturated carbocycles. The number of hydrogen-bond donors (Lipinski definition) is 2. The Kier molecular flexibility index (Phi) is 4.78. The summed E-state index contributed by atoms with van der Waals surface area (Å²) in [6.45, 7) is 3.83. The first-order chi connectivity index (χ1) is 13.0. The predicted octanol–water partition coefficient (Wildman–Crippen LogP) is 4.08. The molecular weight excluding hydrogens is 380 g/mol. The van der Waals surface area contributed by atoms with E-state index in [1.807, 2.05) is 49.6 Å². The summed E-state index contributed by atoms with van der Waals surface area (Å²) in [5.41, 5.74) is 3.34. The van der Waals surface area contributed by atoms with Crippen molar-refractivity contribution in [2.24, 2.45) is 0 Å². The lowest BCUT2D eigenvalue weighted by Gasteiger charge is -2.03. The molecule has 0 bridgehead atoms. The van der Waals surface area contributed by atoms with E-state index in [0.717, 1.165) is 21.6 Å². The summed E-state index contributed by atoms with van der Waals surface area (Å²) >= 11 is 2.87. The smallest absolute Gasteiger partial charge is 0.232 e. The van der Waals surface area contributed by atoms with Gasteiger partial charge in [-0.1, -0.05) is 23.5 Å². The maximum atomic E-state index is 12.3. The minimum atomic E-state index is -0.145. The zero-order chi connectivity index (χ0) is 18.8. The normalized spacial score (nSPS) is 10.9. The van der Waals surface area contributed by atoms with Gasteiger partial charge in [-0.15, -0.1) is 11.3 Å². The third-order valence-corrected chi connectivity index (χ3v) is 5.39. The summed E-state index contributed by atoms with van der Waals surface area (Å²) in [6.07, 6.45) is 0.182. The van der Waals surface area contributed by atoms with E-state index in [1.165, 1.54) is 22.7 Å². The summed E-state index contributed by atoms with van der Waals surface area (Å²) in [7, 11) is 0. The molecule has 7 nitrogen and oxygen atoms in total. The molecule has 9 heteroatoms. The minimum absolute atomic E-state index is 0.145. The average molecular weight is 397 g/mol. The molecule has 1 amide bonds. The van der Waals surface area contributed by atoms with Gasteiger partial charge in [0.05, 0.1) is 22.3 Å². The van der Waals surface area contributed by atoms with Gasteiger partial charge in [0, 0.05) is 16.8 Å². The zero-order valence-electron chi connectivity index (χ0n) is 14.7. The molecule has 0 aliphatic carbocycles. The second-order valence-corrected chi connectivity index (χ2v) is 7.84. The van der Waals surface area contributed by atoms with Gasteiger partial charge in [0.25, 0.3) is 0 Å². The molecular formula is C18H16N6OS2. The van der Waals surface area contributed by atoms with E-state index in [2.05, 4.69) is 30.6 Å². The first-order valence-corrected chi connectivity index (χ1v) is 9.94. The van der Waals surface area contributed by atoms with E-state index in [1.54, 1.807) is 0 Å². The first-order valence-electron chi connectivity index (χ1n) is 8.24. The SMILES string of the molecule is Cc1cc(C)nc(Nc2nc(CC(=O)Nc3nc4ccccc4s3)cs2)n1. The number of carbonyl (C=O) groups is 1. The molecule has 2 N–H and O–H groups in total. The van der Waals surface area contributed by atoms with Crippen LogP contribution in [0, 0.1) is 13.8 Å². The molecule has 4 aromatic rings. The molecule has 3 aromatic heterocycles. The van der Waals surface area contributed by atoms with Crippen LogP contribution in [0.4, 0.5) is 16.2 Å². The maximum absolute atomic E-state index is 12.3. The van der Waals surface area contributed by atoms with Gasteiger partial charge in [0.15, 0.2) is 10.3 Å². The summed E-state index contributed by atoms with van der Waals surface area (Å²) in [6, 6.07) is 9.70. The van der Waals surface area contributed by atoms with Crippen LogP contribution in [-0.4, -0.2) is 25.8 Å². The van der Waals surface area contributed by atoms with Crippen LogP contribution in [0.25, 0.3) is 10.2 Å². The lowest BCUT2D eigenvalue weighted by Crippen LogP contribution is -2.14. The molecule has 4 rings (SSSR count). The molecule has 27 heavy (non-hydrogen) atoms. The van der Waals surface area contributed by atoms with E-state index in [-0.39, 0.29) is 12.3 Å². The molecule has 0 unspecified atom stereocenters. The molecule has 0 atom stereocenters. The zero-order valence-corrected chi connectivity index (χ0v) is 16.3. The highest BCUT2D eigenvalue weighted by Crippen LogP contribution is 2.25. The lowest BCUT2D eigenvalue weighted by molar-refractivity contribution is -0.115. The number of aromatic nitrogens is 4. The van der Waals surface area contributed by atoms with Crippen LogP contribution < -0.4 is 10.6 Å². The van der Waals surface area contributed by atoms with Crippen molar-refractivity contribution in [3.63, 3.8) is 0 Å². The van der Waals surface area contributed by atoms with Crippen LogP contribution in [-0.2, 0) is 11.2 Å². The van der Waals surface area contributed by atoms with Crippen LogP contribution >= 0.6 is 22.7 Å². The molecule has 0 aliphatic rings. The number of carbonyl (C=O) groups excluding carboxylic acids is 1. The van der Waals surface area contributed by atoms with E-state index in [0.29, 0.717) is 21.9 Å². The average Bonchev–Trinajstić information content (AvgIpc) is 3.19. The highest BCUT2D eigenvalue weighted by atomic mass is 32.1. The number of nitrogens with one attached hydrogen (secondary N) is 2. The third kappa shape index (κ3) is 4.26. The van der Waals surface area contributed by atoms with Crippen molar-refractivity contribution in [2.45, 2.75) is 20.3 Å². The molecule has 0 aliphatic heterocycles. The van der Waals surface area contributed by atoms with Crippen molar-refractivity contribution in [3.05, 3.63) is 52.8 Å². The third-order valence-electron chi connectivity index (χ3n) is 3.63. The fraction of sp³-hybridized carbons (Fsp3) is 0.167. The van der Waals surface area contributed by atoms with Crippen molar-refractivity contribution < 1.29 is 4.79 Å². The number of amides is 1. The fourth-order valence-electron chi connectivity index (χ4n) is 2.58. The lowest BCUT2D eigenvalue weighted by atomic mass is 10.3. The van der Waals surface area contributed by atoms with Gasteiger partial charge in [0.2, 0.25) is 11.9 Å². The van der Waals surface area contributed by atoms with Crippen LogP contribution in [0.1, 0.15) is 17.1 Å². The van der Waals surface area contributed by atoms with Crippen molar-refractivity contribution in [1.82, 2.24) is 19.9 Å². The Hall–Kier alpha value is -2.91. The van der Waals surface area contributed by atoms with Crippen molar-refractivity contribution in [3.8, 4) is 0 Å². The fourth-order valence-corrected chi connectivity index (χ4v) is 4.16. The number of anilines is 3. The number of aryl methyl sites for hydroxylation is 2. The van der Waals surface area contributed by atoms with Crippen molar-refractivity contribution >= 4 is 55.0 Å². The number of rotatable bonds is 5. The number of nitrogens with zero attached hydrogens (tertiary/aromatic N) is 4. The molecule has 0 spiro atoms. The van der Waals surface area contributed by atoms with Crippen molar-refractivity contribution in [2.75, 3.05) is 10.6 Å². The standard InChI is InChI=1S/C18H16N6OS2/c1-10-7-11(2)20-16(19-10)24-17-21-12(9-26-17)8-15(25)23-18-22-13-5-3-4-6-14(13)27-18/h3-7,9H,8H2,1-2H3,(H,22,23,25)(H,19,20,21,24). The van der Waals surface area contributed by atoms with E-state index < -0.39 is 0 Å². The number of para-hydroxylation sites is 1. The van der Waals surface area contributed by atoms with Gasteiger partial charge < -0.3 is 10.6 Å². The highest BCUT2D eigenvalue weighted by Gasteiger charge is 2.11. The number of thiazole rings is 2. The summed E-state index contributed by atoms with van der Waals surface area (Å²) in [5.74, 6) is 0.362. The molecule has 0 fully saturated rings. The topological polar surface area (TPSA) is 92.7 Å². The Balaban J connectivity index is 1.40. The monoisotopic (exact) mass is 396 g/mol. The van der Waals surface area contributed by atoms with Crippen LogP contribution in [0.3, 0.4) is 0 Å². The van der Waals surface area contributed by atoms with E-state index in [9.17, 15) is 4.79 Å². The van der Waals surface area contributed by atoms with Crippen LogP contribution in [0.2, 0.25) is 0 Å². The van der Waals surface area contributed by atoms with Gasteiger partial charge in [0.1, 0.15) is 0 Å². The summed E-state index contributed by atoms with van der Waals surface area (Å²) in [4.78, 5) is 29.8. The van der Waals surface area contributed by atoms with Gasteiger partial charge >= 0.3 is 0 Å². The van der Waals surface area contributed by atoms with Gasteiger partial charge in [-0.3, -0.25) is 4.79 Å². The quantitative estimate of drug-likeness (QED) is 0.528. The molecule has 0 radical (unpaired) electrons. The number of hydrogen-bond acceptors (Lipinski definition) is 8. The predicted molar refractivity (Wildman–Crippen MR) is 109 cm³/mol. The van der Waals surface area contributed by atoms with Gasteiger partial charge in [-0.05, 0) is 32.0 Å². The summed E-state index contributed by atoms with van der Waals surface area (Å²) in [5, 5.41) is 9.03. The molecule has 3 heterocycles. The molecule has 0 saturated heterocycles. The molecule has 136 valence electrons. The van der Waals surface area contributed by atoms with Crippen molar-refractivity contribution in [1.29, 1.82) is 0 Å². The second kappa shape index (κ2) is 7.37. The number of fused-ring (bicyclic) bond motifs is 1. The van der Waals surface area contributed by atoms with Gasteiger partial charge in [-0.25, -0.2) is 19.9 Å². The van der Waals surface area contributed by atoms with Crippen LogP contribution in [0.5, 0.6) is 0 Å². The molecule has 1 aromatic carbocycles. The van der Waals surface area contributed by atoms with Gasteiger partial charge in [-0.2, -0.15) is 0 Å². The highest BCUT2D eigenvalue weighted by molar-refractivity contribution is 7.22. The first kappa shape index (κ1) is 17.5. The summed E-state index contributed by atoms with van der Waals surface area (Å²) < 4.78 is 1.04. The van der Waals surface area contributed by atoms with Crippen LogP contribution in [0.15, 0.2) is 35.7 Å². The number of benzene rings is 1. The Morgan fingerprint density at radius 1 is 1.04 bits per heavy atom. The Bertz CT molecular complexity index is 1070. The van der Waals surface area contributed by atoms with E-state index in [4.69, 9.17) is 0 Å². The largest absolute Gasteiger partial charge is 0.302 e. The Morgan fingerprint density at radius 3 is 2.59 bits per heavy atom. The maximum Gasteiger partial charge on any atom is 0.232 e. The Labute approximate surface area is 163 Å².